The Labute approximate surface area is 87.4 Å². The summed E-state index contributed by atoms with van der Waals surface area (Å²) in [5, 5.41) is 0. The molecule has 0 aromatic carbocycles. The summed E-state index contributed by atoms with van der Waals surface area (Å²) in [5.41, 5.74) is 13.7. The minimum Gasteiger partial charge on any atom is -0.330 e. The van der Waals surface area contributed by atoms with E-state index in [2.05, 4.69) is 17.2 Å². The summed E-state index contributed by atoms with van der Waals surface area (Å²) in [5.74, 6) is 0. The maximum absolute atomic E-state index is 5.48. The number of nitrogens with two attached hydrogens (primary N) is 2. The van der Waals surface area contributed by atoms with Crippen molar-refractivity contribution in [1.29, 1.82) is 0 Å². The predicted molar refractivity (Wildman–Crippen MR) is 62.1 cm³/mol. The molecule has 0 bridgehead atoms. The molecule has 0 rings (SSSR count). The number of hydrogen-bond donors (Lipinski definition) is 2. The fourth-order valence-corrected chi connectivity index (χ4v) is 1.28. The molecule has 0 amide bonds. The quantitative estimate of drug-likeness (QED) is 0.423. The SMILES string of the molecule is C=C=CCN(CCCN)CCCCN. The molecule has 0 saturated heterocycles. The van der Waals surface area contributed by atoms with Crippen LogP contribution in [0.5, 0.6) is 0 Å². The molecule has 3 heteroatoms. The van der Waals surface area contributed by atoms with Crippen molar-refractivity contribution in [2.45, 2.75) is 19.3 Å². The highest BCUT2D eigenvalue weighted by Gasteiger charge is 2.00. The van der Waals surface area contributed by atoms with Crippen molar-refractivity contribution >= 4 is 0 Å². The van der Waals surface area contributed by atoms with Crippen LogP contribution in [-0.2, 0) is 0 Å². The molecule has 0 aromatic rings. The zero-order chi connectivity index (χ0) is 10.6. The van der Waals surface area contributed by atoms with Gasteiger partial charge in [-0.1, -0.05) is 6.58 Å². The summed E-state index contributed by atoms with van der Waals surface area (Å²) in [6.07, 6.45) is 5.26. The molecule has 0 unspecified atom stereocenters. The van der Waals surface area contributed by atoms with Crippen molar-refractivity contribution in [2.75, 3.05) is 32.7 Å². The van der Waals surface area contributed by atoms with Crippen LogP contribution >= 0.6 is 0 Å². The zero-order valence-corrected chi connectivity index (χ0v) is 9.04. The number of nitrogens with zero attached hydrogens (tertiary/aromatic N) is 1. The highest BCUT2D eigenvalue weighted by atomic mass is 15.1. The van der Waals surface area contributed by atoms with Gasteiger partial charge in [-0.15, -0.1) is 5.73 Å². The molecule has 0 aromatic heterocycles. The third-order valence-corrected chi connectivity index (χ3v) is 2.10. The minimum absolute atomic E-state index is 0.755. The smallest absolute Gasteiger partial charge is 0.0238 e. The Hall–Kier alpha value is -0.600. The summed E-state index contributed by atoms with van der Waals surface area (Å²) < 4.78 is 0. The molecule has 0 atom stereocenters. The summed E-state index contributed by atoms with van der Waals surface area (Å²) in [6.45, 7) is 8.16. The van der Waals surface area contributed by atoms with Crippen molar-refractivity contribution < 1.29 is 0 Å². The first-order valence-corrected chi connectivity index (χ1v) is 5.32. The molecule has 0 radical (unpaired) electrons. The van der Waals surface area contributed by atoms with E-state index in [1.165, 1.54) is 0 Å². The molecular weight excluding hydrogens is 174 g/mol. The summed E-state index contributed by atoms with van der Waals surface area (Å²) in [6, 6.07) is 0. The lowest BCUT2D eigenvalue weighted by Gasteiger charge is -2.19. The van der Waals surface area contributed by atoms with Gasteiger partial charge in [0, 0.05) is 6.54 Å². The van der Waals surface area contributed by atoms with Gasteiger partial charge in [-0.25, -0.2) is 0 Å². The van der Waals surface area contributed by atoms with Crippen molar-refractivity contribution in [1.82, 2.24) is 4.90 Å². The zero-order valence-electron chi connectivity index (χ0n) is 9.04. The molecule has 0 spiro atoms. The van der Waals surface area contributed by atoms with Gasteiger partial charge in [-0.05, 0) is 51.5 Å². The van der Waals surface area contributed by atoms with E-state index in [0.717, 1.165) is 52.0 Å². The number of hydrogen-bond acceptors (Lipinski definition) is 3. The van der Waals surface area contributed by atoms with Gasteiger partial charge in [-0.3, -0.25) is 4.90 Å². The average molecular weight is 197 g/mol. The van der Waals surface area contributed by atoms with Gasteiger partial charge in [0.25, 0.3) is 0 Å². The molecule has 82 valence electrons. The third-order valence-electron chi connectivity index (χ3n) is 2.10. The van der Waals surface area contributed by atoms with E-state index in [1.54, 1.807) is 0 Å². The summed E-state index contributed by atoms with van der Waals surface area (Å²) in [7, 11) is 0. The monoisotopic (exact) mass is 197 g/mol. The van der Waals surface area contributed by atoms with E-state index in [-0.39, 0.29) is 0 Å². The lowest BCUT2D eigenvalue weighted by molar-refractivity contribution is 0.294. The molecule has 0 aliphatic heterocycles. The fourth-order valence-electron chi connectivity index (χ4n) is 1.28. The lowest BCUT2D eigenvalue weighted by Crippen LogP contribution is -2.28. The molecule has 0 aliphatic rings. The van der Waals surface area contributed by atoms with E-state index in [1.807, 2.05) is 6.08 Å². The first kappa shape index (κ1) is 13.4. The molecule has 0 fully saturated rings. The van der Waals surface area contributed by atoms with Gasteiger partial charge in [-0.2, -0.15) is 0 Å². The minimum atomic E-state index is 0.755. The molecule has 3 nitrogen and oxygen atoms in total. The van der Waals surface area contributed by atoms with Crippen LogP contribution in [0.25, 0.3) is 0 Å². The van der Waals surface area contributed by atoms with Gasteiger partial charge in [0.2, 0.25) is 0 Å². The largest absolute Gasteiger partial charge is 0.330 e. The van der Waals surface area contributed by atoms with Crippen LogP contribution in [0.15, 0.2) is 18.4 Å². The Balaban J connectivity index is 3.65. The van der Waals surface area contributed by atoms with Crippen LogP contribution in [0.4, 0.5) is 0 Å². The Morgan fingerprint density at radius 1 is 1.07 bits per heavy atom. The first-order valence-electron chi connectivity index (χ1n) is 5.32. The van der Waals surface area contributed by atoms with Crippen molar-refractivity contribution in [3.63, 3.8) is 0 Å². The second kappa shape index (κ2) is 10.5. The van der Waals surface area contributed by atoms with Gasteiger partial charge < -0.3 is 11.5 Å². The highest BCUT2D eigenvalue weighted by Crippen LogP contribution is 1.96. The van der Waals surface area contributed by atoms with E-state index in [4.69, 9.17) is 11.5 Å². The third kappa shape index (κ3) is 8.02. The van der Waals surface area contributed by atoms with Gasteiger partial charge >= 0.3 is 0 Å². The Morgan fingerprint density at radius 2 is 1.71 bits per heavy atom. The summed E-state index contributed by atoms with van der Waals surface area (Å²) >= 11 is 0. The summed E-state index contributed by atoms with van der Waals surface area (Å²) in [4.78, 5) is 2.36. The van der Waals surface area contributed by atoms with Crippen LogP contribution in [0.2, 0.25) is 0 Å². The molecule has 4 N–H and O–H groups in total. The van der Waals surface area contributed by atoms with E-state index in [0.29, 0.717) is 0 Å². The van der Waals surface area contributed by atoms with Gasteiger partial charge in [0.05, 0.1) is 0 Å². The predicted octanol–water partition coefficient (Wildman–Crippen LogP) is 0.717. The lowest BCUT2D eigenvalue weighted by atomic mass is 10.2. The second-order valence-corrected chi connectivity index (χ2v) is 3.35. The maximum atomic E-state index is 5.48. The normalized spacial score (nSPS) is 10.2. The second-order valence-electron chi connectivity index (χ2n) is 3.35. The standard InChI is InChI=1S/C11H23N3/c1-2-3-9-14(11-6-8-13)10-5-4-7-12/h3H,1,4-13H2. The van der Waals surface area contributed by atoms with E-state index < -0.39 is 0 Å². The molecular formula is C11H23N3. The average Bonchev–Trinajstić information content (AvgIpc) is 2.21. The van der Waals surface area contributed by atoms with Crippen LogP contribution < -0.4 is 11.5 Å². The van der Waals surface area contributed by atoms with Crippen LogP contribution in [0.1, 0.15) is 19.3 Å². The van der Waals surface area contributed by atoms with Crippen LogP contribution in [0.3, 0.4) is 0 Å². The highest BCUT2D eigenvalue weighted by molar-refractivity contribution is 4.80. The van der Waals surface area contributed by atoms with E-state index >= 15 is 0 Å². The molecule has 0 saturated carbocycles. The first-order chi connectivity index (χ1) is 6.85. The van der Waals surface area contributed by atoms with Crippen molar-refractivity contribution in [2.24, 2.45) is 11.5 Å². The molecule has 14 heavy (non-hydrogen) atoms. The molecule has 0 aliphatic carbocycles. The Kier molecular flexibility index (Phi) is 10.0. The van der Waals surface area contributed by atoms with Crippen molar-refractivity contribution in [3.05, 3.63) is 18.4 Å². The van der Waals surface area contributed by atoms with E-state index in [9.17, 15) is 0 Å². The topological polar surface area (TPSA) is 55.3 Å². The van der Waals surface area contributed by atoms with Crippen molar-refractivity contribution in [3.8, 4) is 0 Å². The Bertz CT molecular complexity index is 162. The molecule has 0 heterocycles. The number of unbranched alkanes of at least 4 members (excludes halogenated alkanes) is 1. The van der Waals surface area contributed by atoms with Gasteiger partial charge in [0.1, 0.15) is 0 Å². The van der Waals surface area contributed by atoms with Crippen LogP contribution in [0, 0.1) is 0 Å². The number of rotatable bonds is 9. The van der Waals surface area contributed by atoms with Gasteiger partial charge in [0.15, 0.2) is 0 Å². The fraction of sp³-hybridized carbons (Fsp3) is 0.727. The maximum Gasteiger partial charge on any atom is 0.0238 e. The Morgan fingerprint density at radius 3 is 2.29 bits per heavy atom. The van der Waals surface area contributed by atoms with Crippen LogP contribution in [-0.4, -0.2) is 37.6 Å².